The summed E-state index contributed by atoms with van der Waals surface area (Å²) in [6.07, 6.45) is 0. The van der Waals surface area contributed by atoms with Crippen molar-refractivity contribution >= 4 is 11.5 Å². The van der Waals surface area contributed by atoms with Crippen molar-refractivity contribution in [3.05, 3.63) is 35.9 Å². The molecule has 1 saturated heterocycles. The lowest BCUT2D eigenvalue weighted by atomic mass is 10.1. The molecule has 0 aliphatic carbocycles. The van der Waals surface area contributed by atoms with Crippen LogP contribution in [0.2, 0.25) is 0 Å². The zero-order valence-electron chi connectivity index (χ0n) is 10.1. The van der Waals surface area contributed by atoms with Crippen LogP contribution in [-0.4, -0.2) is 54.5 Å². The van der Waals surface area contributed by atoms with Gasteiger partial charge in [-0.1, -0.05) is 35.5 Å². The number of oxime groups is 1. The van der Waals surface area contributed by atoms with Gasteiger partial charge < -0.3 is 9.94 Å². The lowest BCUT2D eigenvalue weighted by Crippen LogP contribution is -2.41. The summed E-state index contributed by atoms with van der Waals surface area (Å²) in [4.78, 5) is 14.1. The van der Waals surface area contributed by atoms with Crippen LogP contribution in [0.4, 0.5) is 0 Å². The van der Waals surface area contributed by atoms with Crippen molar-refractivity contribution in [1.29, 1.82) is 0 Å². The van der Waals surface area contributed by atoms with E-state index in [4.69, 9.17) is 9.94 Å². The molecule has 1 aliphatic rings. The number of Topliss-reactive ketones (excluding diaryl/α,β-unsaturated/α-hetero) is 1. The molecule has 0 aromatic heterocycles. The summed E-state index contributed by atoms with van der Waals surface area (Å²) >= 11 is 0. The minimum absolute atomic E-state index is 0.170. The van der Waals surface area contributed by atoms with E-state index in [1.165, 1.54) is 0 Å². The number of ketones is 1. The third kappa shape index (κ3) is 3.15. The average Bonchev–Trinajstić information content (AvgIpc) is 2.46. The molecule has 0 amide bonds. The summed E-state index contributed by atoms with van der Waals surface area (Å²) < 4.78 is 5.23. The fraction of sp³-hybridized carbons (Fsp3) is 0.385. The quantitative estimate of drug-likeness (QED) is 0.374. The fourth-order valence-corrected chi connectivity index (χ4v) is 1.88. The Hall–Kier alpha value is -1.72. The van der Waals surface area contributed by atoms with E-state index in [-0.39, 0.29) is 11.5 Å². The molecule has 1 heterocycles. The molecule has 0 bridgehead atoms. The topological polar surface area (TPSA) is 62.1 Å². The second-order valence-corrected chi connectivity index (χ2v) is 4.13. The highest BCUT2D eigenvalue weighted by atomic mass is 16.5. The third-order valence-corrected chi connectivity index (χ3v) is 2.90. The van der Waals surface area contributed by atoms with Crippen molar-refractivity contribution in [2.24, 2.45) is 5.16 Å². The van der Waals surface area contributed by atoms with Crippen LogP contribution in [-0.2, 0) is 4.74 Å². The first-order valence-electron chi connectivity index (χ1n) is 5.92. The Morgan fingerprint density at radius 2 is 1.94 bits per heavy atom. The van der Waals surface area contributed by atoms with Crippen LogP contribution in [0.1, 0.15) is 10.4 Å². The predicted octanol–water partition coefficient (Wildman–Crippen LogP) is 1.03. The van der Waals surface area contributed by atoms with Gasteiger partial charge in [0.25, 0.3) is 0 Å². The molecule has 1 fully saturated rings. The summed E-state index contributed by atoms with van der Waals surface area (Å²) in [6.45, 7) is 3.16. The van der Waals surface area contributed by atoms with Crippen molar-refractivity contribution in [3.8, 4) is 0 Å². The maximum atomic E-state index is 12.1. The molecular formula is C13H16N2O3. The molecule has 5 heteroatoms. The highest BCUT2D eigenvalue weighted by Gasteiger charge is 2.19. The number of ether oxygens (including phenoxy) is 1. The van der Waals surface area contributed by atoms with Crippen LogP contribution >= 0.6 is 0 Å². The first-order chi connectivity index (χ1) is 8.81. The fourth-order valence-electron chi connectivity index (χ4n) is 1.88. The summed E-state index contributed by atoms with van der Waals surface area (Å²) in [5.74, 6) is -0.232. The maximum absolute atomic E-state index is 12.1. The molecule has 1 aromatic carbocycles. The van der Waals surface area contributed by atoms with Crippen molar-refractivity contribution in [2.75, 3.05) is 32.8 Å². The number of hydrogen-bond donors (Lipinski definition) is 1. The molecule has 18 heavy (non-hydrogen) atoms. The molecule has 2 rings (SSSR count). The van der Waals surface area contributed by atoms with E-state index in [1.807, 2.05) is 11.0 Å². The minimum Gasteiger partial charge on any atom is -0.410 e. The number of carbonyl (C=O) groups excluding carboxylic acids is 1. The standard InChI is InChI=1S/C13H16N2O3/c16-13(11-4-2-1-3-5-11)12(14-17)10-15-6-8-18-9-7-15/h1-5,17H,6-10H2/b14-12+. The first kappa shape index (κ1) is 12.7. The normalized spacial score (nSPS) is 17.7. The van der Waals surface area contributed by atoms with Crippen molar-refractivity contribution in [2.45, 2.75) is 0 Å². The monoisotopic (exact) mass is 248 g/mol. The van der Waals surface area contributed by atoms with Crippen molar-refractivity contribution in [1.82, 2.24) is 4.90 Å². The number of nitrogens with zero attached hydrogens (tertiary/aromatic N) is 2. The maximum Gasteiger partial charge on any atom is 0.211 e. The second-order valence-electron chi connectivity index (χ2n) is 4.13. The number of hydrogen-bond acceptors (Lipinski definition) is 5. The number of benzene rings is 1. The van der Waals surface area contributed by atoms with Crippen LogP contribution in [0.5, 0.6) is 0 Å². The molecule has 1 aromatic rings. The lowest BCUT2D eigenvalue weighted by molar-refractivity contribution is 0.0447. The predicted molar refractivity (Wildman–Crippen MR) is 67.3 cm³/mol. The minimum atomic E-state index is -0.232. The largest absolute Gasteiger partial charge is 0.410 e. The van der Waals surface area contributed by atoms with E-state index < -0.39 is 0 Å². The SMILES string of the molecule is O=C(/C(CN1CCOCC1)=N/O)c1ccccc1. The van der Waals surface area contributed by atoms with E-state index in [0.29, 0.717) is 25.3 Å². The molecule has 0 unspecified atom stereocenters. The molecule has 0 spiro atoms. The van der Waals surface area contributed by atoms with Gasteiger partial charge in [-0.3, -0.25) is 9.69 Å². The molecule has 0 saturated carbocycles. The van der Waals surface area contributed by atoms with Gasteiger partial charge in [0.15, 0.2) is 0 Å². The smallest absolute Gasteiger partial charge is 0.211 e. The second kappa shape index (κ2) is 6.28. The zero-order valence-corrected chi connectivity index (χ0v) is 10.1. The number of carbonyl (C=O) groups is 1. The van der Waals surface area contributed by atoms with Crippen LogP contribution in [0, 0.1) is 0 Å². The van der Waals surface area contributed by atoms with Gasteiger partial charge in [-0.15, -0.1) is 0 Å². The molecule has 0 radical (unpaired) electrons. The molecule has 1 aliphatic heterocycles. The third-order valence-electron chi connectivity index (χ3n) is 2.90. The molecule has 5 nitrogen and oxygen atoms in total. The average molecular weight is 248 g/mol. The summed E-state index contributed by atoms with van der Waals surface area (Å²) in [5, 5.41) is 12.1. The van der Waals surface area contributed by atoms with Crippen molar-refractivity contribution in [3.63, 3.8) is 0 Å². The van der Waals surface area contributed by atoms with Gasteiger partial charge in [-0.2, -0.15) is 0 Å². The van der Waals surface area contributed by atoms with Gasteiger partial charge >= 0.3 is 0 Å². The Kier molecular flexibility index (Phi) is 4.44. The van der Waals surface area contributed by atoms with E-state index in [9.17, 15) is 4.79 Å². The Labute approximate surface area is 106 Å². The van der Waals surface area contributed by atoms with Gasteiger partial charge in [-0.05, 0) is 0 Å². The first-order valence-corrected chi connectivity index (χ1v) is 5.92. The van der Waals surface area contributed by atoms with Gasteiger partial charge in [0.05, 0.1) is 13.2 Å². The van der Waals surface area contributed by atoms with Crippen LogP contribution < -0.4 is 0 Å². The highest BCUT2D eigenvalue weighted by molar-refractivity contribution is 6.46. The lowest BCUT2D eigenvalue weighted by Gasteiger charge is -2.26. The Morgan fingerprint density at radius 3 is 2.56 bits per heavy atom. The van der Waals surface area contributed by atoms with Gasteiger partial charge in [-0.25, -0.2) is 0 Å². The highest BCUT2D eigenvalue weighted by Crippen LogP contribution is 2.04. The van der Waals surface area contributed by atoms with E-state index in [1.54, 1.807) is 24.3 Å². The van der Waals surface area contributed by atoms with Crippen LogP contribution in [0.25, 0.3) is 0 Å². The molecule has 1 N–H and O–H groups in total. The number of rotatable bonds is 4. The summed E-state index contributed by atoms with van der Waals surface area (Å²) in [5.41, 5.74) is 0.710. The summed E-state index contributed by atoms with van der Waals surface area (Å²) in [7, 11) is 0. The van der Waals surface area contributed by atoms with Crippen LogP contribution in [0.3, 0.4) is 0 Å². The van der Waals surface area contributed by atoms with E-state index in [0.717, 1.165) is 13.1 Å². The van der Waals surface area contributed by atoms with Crippen molar-refractivity contribution < 1.29 is 14.7 Å². The van der Waals surface area contributed by atoms with E-state index >= 15 is 0 Å². The van der Waals surface area contributed by atoms with Gasteiger partial charge in [0.2, 0.25) is 5.78 Å². The Morgan fingerprint density at radius 1 is 1.28 bits per heavy atom. The Bertz CT molecular complexity index is 425. The van der Waals surface area contributed by atoms with E-state index in [2.05, 4.69) is 5.16 Å². The molecule has 96 valence electrons. The van der Waals surface area contributed by atoms with Crippen LogP contribution in [0.15, 0.2) is 35.5 Å². The number of morpholine rings is 1. The summed E-state index contributed by atoms with van der Waals surface area (Å²) in [6, 6.07) is 8.85. The molecular weight excluding hydrogens is 232 g/mol. The Balaban J connectivity index is 2.02. The van der Waals surface area contributed by atoms with Gasteiger partial charge in [0.1, 0.15) is 5.71 Å². The zero-order chi connectivity index (χ0) is 12.8. The van der Waals surface area contributed by atoms with Gasteiger partial charge in [0, 0.05) is 25.2 Å². The molecule has 0 atom stereocenters.